The molecule has 1 aliphatic rings. The van der Waals surface area contributed by atoms with Crippen molar-refractivity contribution in [1.29, 1.82) is 0 Å². The summed E-state index contributed by atoms with van der Waals surface area (Å²) in [6, 6.07) is 0.543. The predicted molar refractivity (Wildman–Crippen MR) is 61.7 cm³/mol. The fraction of sp³-hybridized carbons (Fsp3) is 0.333. The molecule has 1 heterocycles. The van der Waals surface area contributed by atoms with Gasteiger partial charge in [-0.2, -0.15) is 26.3 Å². The van der Waals surface area contributed by atoms with Gasteiger partial charge in [0.1, 0.15) is 0 Å². The predicted octanol–water partition coefficient (Wildman–Crippen LogP) is 3.13. The van der Waals surface area contributed by atoms with Crippen LogP contribution in [0.15, 0.2) is 18.2 Å². The minimum atomic E-state index is -5.08. The van der Waals surface area contributed by atoms with Gasteiger partial charge in [0.05, 0.1) is 17.7 Å². The molecule has 1 aromatic rings. The molecule has 1 N–H and O–H groups in total. The van der Waals surface area contributed by atoms with Crippen molar-refractivity contribution in [2.75, 3.05) is 11.4 Å². The van der Waals surface area contributed by atoms with Crippen LogP contribution in [0.25, 0.3) is 0 Å². The van der Waals surface area contributed by atoms with E-state index < -0.39 is 53.9 Å². The molecule has 2 rings (SSSR count). The lowest BCUT2D eigenvalue weighted by Gasteiger charge is -2.18. The van der Waals surface area contributed by atoms with Gasteiger partial charge in [-0.25, -0.2) is 9.59 Å². The first-order chi connectivity index (χ1) is 10.4. The third-order valence-electron chi connectivity index (χ3n) is 2.97. The Bertz CT molecular complexity index is 622. The second-order valence-electron chi connectivity index (χ2n) is 4.59. The van der Waals surface area contributed by atoms with Gasteiger partial charge in [-0.1, -0.05) is 0 Å². The number of halogens is 6. The highest BCUT2D eigenvalue weighted by molar-refractivity contribution is 5.94. The van der Waals surface area contributed by atoms with Crippen LogP contribution in [0.1, 0.15) is 11.1 Å². The maximum atomic E-state index is 12.7. The fourth-order valence-electron chi connectivity index (χ4n) is 1.90. The van der Waals surface area contributed by atoms with Gasteiger partial charge >= 0.3 is 24.4 Å². The van der Waals surface area contributed by atoms with Crippen LogP contribution >= 0.6 is 0 Å². The number of hydrogen-bond acceptors (Lipinski definition) is 3. The quantitative estimate of drug-likeness (QED) is 0.838. The number of amides is 1. The summed E-state index contributed by atoms with van der Waals surface area (Å²) in [7, 11) is 0. The number of hydrogen-bond donors (Lipinski definition) is 1. The molecule has 0 bridgehead atoms. The van der Waals surface area contributed by atoms with Crippen molar-refractivity contribution in [1.82, 2.24) is 0 Å². The molecule has 0 aliphatic carbocycles. The first-order valence-corrected chi connectivity index (χ1v) is 5.90. The zero-order valence-electron chi connectivity index (χ0n) is 10.9. The van der Waals surface area contributed by atoms with Gasteiger partial charge in [-0.15, -0.1) is 0 Å². The molecule has 23 heavy (non-hydrogen) atoms. The molecule has 0 saturated carbocycles. The highest BCUT2D eigenvalue weighted by Gasteiger charge is 2.41. The minimum Gasteiger partial charge on any atom is -0.478 e. The second-order valence-corrected chi connectivity index (χ2v) is 4.59. The first-order valence-electron chi connectivity index (χ1n) is 5.90. The number of aliphatic carboxylic acids is 1. The SMILES string of the molecule is O=C(O)C1CN(c2cc(C(F)(F)F)cc(C(F)(F)F)c2)C(=O)O1. The Balaban J connectivity index is 2.50. The van der Waals surface area contributed by atoms with Crippen molar-refractivity contribution in [3.05, 3.63) is 29.3 Å². The molecular formula is C12H7F6NO4. The summed E-state index contributed by atoms with van der Waals surface area (Å²) < 4.78 is 80.7. The van der Waals surface area contributed by atoms with E-state index >= 15 is 0 Å². The van der Waals surface area contributed by atoms with Crippen molar-refractivity contribution in [2.45, 2.75) is 18.5 Å². The number of carbonyl (C=O) groups is 2. The van der Waals surface area contributed by atoms with Gasteiger partial charge in [0.25, 0.3) is 0 Å². The van der Waals surface area contributed by atoms with Crippen LogP contribution in [-0.2, 0) is 21.9 Å². The van der Waals surface area contributed by atoms with E-state index in [4.69, 9.17) is 5.11 Å². The standard InChI is InChI=1S/C12H7F6NO4/c13-11(14,15)5-1-6(12(16,17)18)3-7(2-5)19-4-8(9(20)21)23-10(19)22/h1-3,8H,4H2,(H,20,21). The Hall–Kier alpha value is -2.46. The average molecular weight is 343 g/mol. The van der Waals surface area contributed by atoms with Crippen molar-refractivity contribution < 1.29 is 45.8 Å². The molecule has 5 nitrogen and oxygen atoms in total. The molecule has 126 valence electrons. The third kappa shape index (κ3) is 3.48. The number of ether oxygens (including phenoxy) is 1. The third-order valence-corrected chi connectivity index (χ3v) is 2.97. The van der Waals surface area contributed by atoms with E-state index in [1.54, 1.807) is 0 Å². The second kappa shape index (κ2) is 5.32. The Morgan fingerprint density at radius 3 is 1.91 bits per heavy atom. The van der Waals surface area contributed by atoms with Crippen LogP contribution in [0.2, 0.25) is 0 Å². The van der Waals surface area contributed by atoms with Gasteiger partial charge in [0.2, 0.25) is 6.10 Å². The lowest BCUT2D eigenvalue weighted by Crippen LogP contribution is -2.28. The highest BCUT2D eigenvalue weighted by Crippen LogP contribution is 2.39. The van der Waals surface area contributed by atoms with Crippen LogP contribution < -0.4 is 4.90 Å². The molecular weight excluding hydrogens is 336 g/mol. The van der Waals surface area contributed by atoms with Crippen molar-refractivity contribution in [3.63, 3.8) is 0 Å². The summed E-state index contributed by atoms with van der Waals surface area (Å²) in [5.74, 6) is -1.57. The summed E-state index contributed by atoms with van der Waals surface area (Å²) in [6.45, 7) is -0.702. The Kier molecular flexibility index (Phi) is 3.91. The molecule has 11 heteroatoms. The van der Waals surface area contributed by atoms with Crippen LogP contribution in [-0.4, -0.2) is 29.8 Å². The van der Waals surface area contributed by atoms with Crippen LogP contribution in [0.5, 0.6) is 0 Å². The van der Waals surface area contributed by atoms with Crippen molar-refractivity contribution in [2.24, 2.45) is 0 Å². The summed E-state index contributed by atoms with van der Waals surface area (Å²) in [6.07, 6.45) is -13.2. The number of carboxylic acid groups (broad SMARTS) is 1. The lowest BCUT2D eigenvalue weighted by atomic mass is 10.1. The van der Waals surface area contributed by atoms with E-state index in [1.807, 2.05) is 0 Å². The molecule has 0 radical (unpaired) electrons. The number of rotatable bonds is 2. The van der Waals surface area contributed by atoms with E-state index in [2.05, 4.69) is 4.74 Å². The van der Waals surface area contributed by atoms with E-state index in [0.29, 0.717) is 17.0 Å². The summed E-state index contributed by atoms with van der Waals surface area (Å²) in [5, 5.41) is 8.70. The molecule has 1 unspecified atom stereocenters. The molecule has 0 spiro atoms. The van der Waals surface area contributed by atoms with Gasteiger partial charge < -0.3 is 9.84 Å². The monoisotopic (exact) mass is 343 g/mol. The molecule has 1 fully saturated rings. The van der Waals surface area contributed by atoms with E-state index in [0.717, 1.165) is 0 Å². The Morgan fingerprint density at radius 1 is 1.09 bits per heavy atom. The summed E-state index contributed by atoms with van der Waals surface area (Å²) in [4.78, 5) is 22.6. The average Bonchev–Trinajstić information content (AvgIpc) is 2.78. The van der Waals surface area contributed by atoms with Gasteiger partial charge in [0.15, 0.2) is 0 Å². The molecule has 0 aromatic heterocycles. The number of carbonyl (C=O) groups excluding carboxylic acids is 1. The largest absolute Gasteiger partial charge is 0.478 e. The van der Waals surface area contributed by atoms with Crippen LogP contribution in [0.4, 0.5) is 36.8 Å². The van der Waals surface area contributed by atoms with E-state index in [1.165, 1.54) is 0 Å². The van der Waals surface area contributed by atoms with Gasteiger partial charge in [0, 0.05) is 5.69 Å². The van der Waals surface area contributed by atoms with Crippen LogP contribution in [0.3, 0.4) is 0 Å². The number of benzene rings is 1. The summed E-state index contributed by atoms with van der Waals surface area (Å²) in [5.41, 5.74) is -3.98. The number of nitrogens with zero attached hydrogens (tertiary/aromatic N) is 1. The zero-order valence-corrected chi connectivity index (χ0v) is 10.9. The number of anilines is 1. The molecule has 1 saturated heterocycles. The highest BCUT2D eigenvalue weighted by atomic mass is 19.4. The molecule has 1 atom stereocenters. The van der Waals surface area contributed by atoms with Gasteiger partial charge in [-0.05, 0) is 18.2 Å². The summed E-state index contributed by atoms with van der Waals surface area (Å²) >= 11 is 0. The van der Waals surface area contributed by atoms with Crippen molar-refractivity contribution >= 4 is 17.7 Å². The number of cyclic esters (lactones) is 1. The smallest absolute Gasteiger partial charge is 0.416 e. The molecule has 1 aromatic carbocycles. The Morgan fingerprint density at radius 2 is 1.57 bits per heavy atom. The fourth-order valence-corrected chi connectivity index (χ4v) is 1.90. The van der Waals surface area contributed by atoms with Crippen molar-refractivity contribution in [3.8, 4) is 0 Å². The molecule has 1 amide bonds. The van der Waals surface area contributed by atoms with E-state index in [9.17, 15) is 35.9 Å². The lowest BCUT2D eigenvalue weighted by molar-refractivity contribution is -0.145. The number of alkyl halides is 6. The maximum Gasteiger partial charge on any atom is 0.416 e. The minimum absolute atomic E-state index is 0.0976. The zero-order chi connectivity index (χ0) is 17.6. The maximum absolute atomic E-state index is 12.7. The van der Waals surface area contributed by atoms with E-state index in [-0.39, 0.29) is 6.07 Å². The topological polar surface area (TPSA) is 66.8 Å². The molecule has 1 aliphatic heterocycles. The number of carboxylic acids is 1. The first kappa shape index (κ1) is 16.9. The van der Waals surface area contributed by atoms with Gasteiger partial charge in [-0.3, -0.25) is 4.90 Å². The normalized spacial score (nSPS) is 19.0. The Labute approximate surface area is 124 Å². The van der Waals surface area contributed by atoms with Crippen LogP contribution in [0, 0.1) is 0 Å².